The normalized spacial score (nSPS) is 10.5. The largest absolute Gasteiger partial charge is 0.461 e. The van der Waals surface area contributed by atoms with Crippen molar-refractivity contribution in [3.8, 4) is 0 Å². The Morgan fingerprint density at radius 2 is 2.47 bits per heavy atom. The summed E-state index contributed by atoms with van der Waals surface area (Å²) in [4.78, 5) is 18.7. The molecule has 15 heavy (non-hydrogen) atoms. The third-order valence-corrected chi connectivity index (χ3v) is 2.64. The number of nitrogens with one attached hydrogen (secondary N) is 1. The molecule has 2 rings (SSSR count). The van der Waals surface area contributed by atoms with Crippen LogP contribution in [0, 0.1) is 0 Å². The second kappa shape index (κ2) is 4.02. The van der Waals surface area contributed by atoms with E-state index in [4.69, 9.17) is 4.74 Å². The van der Waals surface area contributed by atoms with Crippen molar-refractivity contribution in [2.24, 2.45) is 0 Å². The van der Waals surface area contributed by atoms with Crippen LogP contribution in [0.2, 0.25) is 0 Å². The van der Waals surface area contributed by atoms with Crippen molar-refractivity contribution in [3.63, 3.8) is 0 Å². The molecule has 0 bridgehead atoms. The maximum Gasteiger partial charge on any atom is 0.357 e. The van der Waals surface area contributed by atoms with Crippen LogP contribution < -0.4 is 0 Å². The number of halogens is 1. The maximum atomic E-state index is 11.6. The number of aromatic nitrogens is 2. The first-order chi connectivity index (χ1) is 7.24. The minimum Gasteiger partial charge on any atom is -0.461 e. The lowest BCUT2D eigenvalue weighted by Crippen LogP contribution is -2.07. The Balaban J connectivity index is 2.59. The van der Waals surface area contributed by atoms with E-state index in [0.717, 1.165) is 15.4 Å². The molecule has 0 aliphatic carbocycles. The van der Waals surface area contributed by atoms with Crippen LogP contribution in [0.3, 0.4) is 0 Å². The van der Waals surface area contributed by atoms with Crippen LogP contribution in [0.5, 0.6) is 0 Å². The number of pyridine rings is 1. The van der Waals surface area contributed by atoms with Crippen LogP contribution in [0.1, 0.15) is 17.4 Å². The van der Waals surface area contributed by atoms with Gasteiger partial charge < -0.3 is 9.72 Å². The smallest absolute Gasteiger partial charge is 0.357 e. The number of hydrogen-bond acceptors (Lipinski definition) is 3. The van der Waals surface area contributed by atoms with Gasteiger partial charge in [-0.1, -0.05) is 0 Å². The summed E-state index contributed by atoms with van der Waals surface area (Å²) in [5.74, 6) is -0.400. The van der Waals surface area contributed by atoms with E-state index in [0.29, 0.717) is 12.3 Å². The van der Waals surface area contributed by atoms with Crippen LogP contribution in [0.25, 0.3) is 10.9 Å². The van der Waals surface area contributed by atoms with E-state index in [1.807, 2.05) is 6.07 Å². The zero-order chi connectivity index (χ0) is 10.8. The van der Waals surface area contributed by atoms with E-state index in [-0.39, 0.29) is 0 Å². The molecular formula is C10H9BrN2O2. The minimum absolute atomic E-state index is 0.336. The molecule has 0 aliphatic rings. The van der Waals surface area contributed by atoms with Gasteiger partial charge >= 0.3 is 5.97 Å². The molecule has 2 heterocycles. The van der Waals surface area contributed by atoms with Gasteiger partial charge in [-0.15, -0.1) is 0 Å². The number of carbonyl (C=O) groups excluding carboxylic acids is 1. The molecule has 0 aromatic carbocycles. The van der Waals surface area contributed by atoms with Crippen LogP contribution in [-0.4, -0.2) is 22.5 Å². The molecule has 0 atom stereocenters. The Morgan fingerprint density at radius 3 is 3.20 bits per heavy atom. The zero-order valence-corrected chi connectivity index (χ0v) is 9.67. The van der Waals surface area contributed by atoms with Gasteiger partial charge in [0.1, 0.15) is 0 Å². The average Bonchev–Trinajstić information content (AvgIpc) is 2.61. The molecule has 0 radical (unpaired) electrons. The molecule has 0 aliphatic heterocycles. The Labute approximate surface area is 94.8 Å². The van der Waals surface area contributed by atoms with E-state index in [1.54, 1.807) is 19.3 Å². The fourth-order valence-corrected chi connectivity index (χ4v) is 1.91. The van der Waals surface area contributed by atoms with E-state index in [9.17, 15) is 4.79 Å². The SMILES string of the molecule is CCOC(=O)c1nccc2[nH]cc(Br)c12. The lowest BCUT2D eigenvalue weighted by Gasteiger charge is -2.02. The van der Waals surface area contributed by atoms with Crippen LogP contribution in [0.15, 0.2) is 22.9 Å². The fourth-order valence-electron chi connectivity index (χ4n) is 1.39. The molecule has 78 valence electrons. The van der Waals surface area contributed by atoms with Crippen molar-refractivity contribution in [3.05, 3.63) is 28.6 Å². The van der Waals surface area contributed by atoms with Gasteiger partial charge in [-0.25, -0.2) is 9.78 Å². The van der Waals surface area contributed by atoms with Crippen molar-refractivity contribution in [2.45, 2.75) is 6.92 Å². The van der Waals surface area contributed by atoms with Gasteiger partial charge in [0.2, 0.25) is 0 Å². The first-order valence-corrected chi connectivity index (χ1v) is 5.32. The van der Waals surface area contributed by atoms with Crippen LogP contribution >= 0.6 is 15.9 Å². The fraction of sp³-hybridized carbons (Fsp3) is 0.200. The highest BCUT2D eigenvalue weighted by atomic mass is 79.9. The molecule has 2 aromatic heterocycles. The van der Waals surface area contributed by atoms with Gasteiger partial charge in [0.15, 0.2) is 5.69 Å². The van der Waals surface area contributed by atoms with Gasteiger partial charge in [0.05, 0.1) is 12.1 Å². The second-order valence-electron chi connectivity index (χ2n) is 2.94. The third-order valence-electron chi connectivity index (χ3n) is 2.01. The monoisotopic (exact) mass is 268 g/mol. The minimum atomic E-state index is -0.400. The summed E-state index contributed by atoms with van der Waals surface area (Å²) in [7, 11) is 0. The molecule has 0 fully saturated rings. The number of ether oxygens (including phenoxy) is 1. The first-order valence-electron chi connectivity index (χ1n) is 4.52. The first kappa shape index (κ1) is 10.2. The van der Waals surface area contributed by atoms with Crippen molar-refractivity contribution < 1.29 is 9.53 Å². The number of rotatable bonds is 2. The molecule has 0 amide bonds. The summed E-state index contributed by atoms with van der Waals surface area (Å²) in [6, 6.07) is 1.81. The zero-order valence-electron chi connectivity index (χ0n) is 8.08. The molecule has 0 spiro atoms. The third kappa shape index (κ3) is 1.74. The molecule has 0 unspecified atom stereocenters. The van der Waals surface area contributed by atoms with Crippen LogP contribution in [0.4, 0.5) is 0 Å². The number of esters is 1. The molecule has 0 saturated carbocycles. The Hall–Kier alpha value is -1.36. The number of fused-ring (bicyclic) bond motifs is 1. The topological polar surface area (TPSA) is 55.0 Å². The van der Waals surface area contributed by atoms with Crippen molar-refractivity contribution in [1.82, 2.24) is 9.97 Å². The van der Waals surface area contributed by atoms with Crippen molar-refractivity contribution in [1.29, 1.82) is 0 Å². The molecule has 2 aromatic rings. The Morgan fingerprint density at radius 1 is 1.67 bits per heavy atom. The lowest BCUT2D eigenvalue weighted by molar-refractivity contribution is 0.0522. The Bertz CT molecular complexity index is 507. The number of hydrogen-bond donors (Lipinski definition) is 1. The van der Waals surface area contributed by atoms with E-state index in [1.165, 1.54) is 0 Å². The van der Waals surface area contributed by atoms with Gasteiger partial charge in [-0.05, 0) is 28.9 Å². The van der Waals surface area contributed by atoms with Crippen molar-refractivity contribution >= 4 is 32.8 Å². The van der Waals surface area contributed by atoms with Crippen molar-refractivity contribution in [2.75, 3.05) is 6.61 Å². The predicted molar refractivity (Wildman–Crippen MR) is 59.8 cm³/mol. The maximum absolute atomic E-state index is 11.6. The van der Waals surface area contributed by atoms with Gasteiger partial charge in [-0.3, -0.25) is 0 Å². The number of aromatic amines is 1. The summed E-state index contributed by atoms with van der Waals surface area (Å²) in [5.41, 5.74) is 1.20. The standard InChI is InChI=1S/C10H9BrN2O2/c1-2-15-10(14)9-8-6(11)5-13-7(8)3-4-12-9/h3-5,13H,2H2,1H3. The summed E-state index contributed by atoms with van der Waals surface area (Å²) in [5, 5.41) is 0.760. The highest BCUT2D eigenvalue weighted by Gasteiger charge is 2.15. The van der Waals surface area contributed by atoms with Gasteiger partial charge in [0.25, 0.3) is 0 Å². The van der Waals surface area contributed by atoms with Gasteiger partial charge in [0, 0.05) is 22.3 Å². The molecule has 0 saturated heterocycles. The molecule has 1 N–H and O–H groups in total. The number of H-pyrrole nitrogens is 1. The summed E-state index contributed by atoms with van der Waals surface area (Å²) in [6.07, 6.45) is 3.35. The summed E-state index contributed by atoms with van der Waals surface area (Å²) >= 11 is 3.36. The molecular weight excluding hydrogens is 260 g/mol. The predicted octanol–water partition coefficient (Wildman–Crippen LogP) is 2.50. The lowest BCUT2D eigenvalue weighted by atomic mass is 10.2. The number of nitrogens with zero attached hydrogens (tertiary/aromatic N) is 1. The summed E-state index contributed by atoms with van der Waals surface area (Å²) < 4.78 is 5.74. The number of carbonyl (C=O) groups is 1. The summed E-state index contributed by atoms with van der Waals surface area (Å²) in [6.45, 7) is 2.11. The van der Waals surface area contributed by atoms with E-state index < -0.39 is 5.97 Å². The van der Waals surface area contributed by atoms with Crippen LogP contribution in [-0.2, 0) is 4.74 Å². The Kier molecular flexibility index (Phi) is 2.73. The van der Waals surface area contributed by atoms with E-state index >= 15 is 0 Å². The quantitative estimate of drug-likeness (QED) is 0.852. The molecule has 4 nitrogen and oxygen atoms in total. The average molecular weight is 269 g/mol. The highest BCUT2D eigenvalue weighted by molar-refractivity contribution is 9.10. The van der Waals surface area contributed by atoms with E-state index in [2.05, 4.69) is 25.9 Å². The van der Waals surface area contributed by atoms with Gasteiger partial charge in [-0.2, -0.15) is 0 Å². The highest BCUT2D eigenvalue weighted by Crippen LogP contribution is 2.25. The molecule has 5 heteroatoms. The second-order valence-corrected chi connectivity index (χ2v) is 3.79.